The van der Waals surface area contributed by atoms with Crippen molar-refractivity contribution in [1.82, 2.24) is 0 Å². The average Bonchev–Trinajstić information content (AvgIpc) is 2.38. The van der Waals surface area contributed by atoms with Gasteiger partial charge in [0.1, 0.15) is 5.75 Å². The van der Waals surface area contributed by atoms with Crippen molar-refractivity contribution >= 4 is 28.7 Å². The van der Waals surface area contributed by atoms with E-state index in [-0.39, 0.29) is 6.29 Å². The van der Waals surface area contributed by atoms with E-state index in [2.05, 4.69) is 5.32 Å². The van der Waals surface area contributed by atoms with Gasteiger partial charge in [0, 0.05) is 5.69 Å². The summed E-state index contributed by atoms with van der Waals surface area (Å²) in [5, 5.41) is 4.45. The molecule has 0 fully saturated rings. The van der Waals surface area contributed by atoms with Crippen LogP contribution in [0.2, 0.25) is 0 Å². The van der Waals surface area contributed by atoms with E-state index in [4.69, 9.17) is 4.74 Å². The van der Waals surface area contributed by atoms with E-state index < -0.39 is 5.91 Å². The van der Waals surface area contributed by atoms with Crippen molar-refractivity contribution in [2.45, 2.75) is 0 Å². The zero-order valence-corrected chi connectivity index (χ0v) is 9.27. The third-order valence-corrected chi connectivity index (χ3v) is 2.42. The van der Waals surface area contributed by atoms with E-state index in [1.165, 1.54) is 0 Å². The molecule has 0 saturated heterocycles. The second-order valence-corrected chi connectivity index (χ2v) is 3.53. The van der Waals surface area contributed by atoms with Gasteiger partial charge < -0.3 is 10.1 Å². The van der Waals surface area contributed by atoms with Crippen molar-refractivity contribution in [3.8, 4) is 5.75 Å². The molecule has 4 nitrogen and oxygen atoms in total. The number of anilines is 1. The Morgan fingerprint density at radius 2 is 1.88 bits per heavy atom. The largest absolute Gasteiger partial charge is 0.497 e. The van der Waals surface area contributed by atoms with Gasteiger partial charge in [-0.3, -0.25) is 9.59 Å². The topological polar surface area (TPSA) is 55.4 Å². The molecule has 0 saturated carbocycles. The average molecular weight is 229 g/mol. The summed E-state index contributed by atoms with van der Waals surface area (Å²) in [6.07, 6.45) is 0.248. The molecular weight excluding hydrogens is 218 g/mol. The fourth-order valence-corrected chi connectivity index (χ4v) is 1.60. The SMILES string of the molecule is COc1ccc2cc(NC(=O)C=O)ccc2c1. The zero-order chi connectivity index (χ0) is 12.3. The van der Waals surface area contributed by atoms with Gasteiger partial charge in [0.2, 0.25) is 6.29 Å². The molecular formula is C13H11NO3. The van der Waals surface area contributed by atoms with E-state index in [1.54, 1.807) is 19.2 Å². The summed E-state index contributed by atoms with van der Waals surface area (Å²) in [5.74, 6) is 0.125. The normalized spacial score (nSPS) is 9.94. The molecule has 86 valence electrons. The maximum Gasteiger partial charge on any atom is 0.288 e. The molecule has 0 aliphatic heterocycles. The van der Waals surface area contributed by atoms with Crippen LogP contribution in [-0.4, -0.2) is 19.3 Å². The lowest BCUT2D eigenvalue weighted by Gasteiger charge is -2.05. The van der Waals surface area contributed by atoms with Crippen molar-refractivity contribution in [2.24, 2.45) is 0 Å². The summed E-state index contributed by atoms with van der Waals surface area (Å²) >= 11 is 0. The Morgan fingerprint density at radius 3 is 2.59 bits per heavy atom. The third-order valence-electron chi connectivity index (χ3n) is 2.42. The van der Waals surface area contributed by atoms with Crippen LogP contribution in [0.1, 0.15) is 0 Å². The third kappa shape index (κ3) is 2.42. The molecule has 2 aromatic rings. The number of amides is 1. The molecule has 4 heteroatoms. The van der Waals surface area contributed by atoms with Gasteiger partial charge in [0.15, 0.2) is 0 Å². The highest BCUT2D eigenvalue weighted by Crippen LogP contribution is 2.23. The molecule has 0 aromatic heterocycles. The van der Waals surface area contributed by atoms with Crippen molar-refractivity contribution in [3.05, 3.63) is 36.4 Å². The van der Waals surface area contributed by atoms with Crippen molar-refractivity contribution < 1.29 is 14.3 Å². The molecule has 0 atom stereocenters. The number of rotatable bonds is 3. The number of hydrogen-bond donors (Lipinski definition) is 1. The quantitative estimate of drug-likeness (QED) is 0.646. The van der Waals surface area contributed by atoms with E-state index in [1.807, 2.05) is 24.3 Å². The van der Waals surface area contributed by atoms with Gasteiger partial charge in [0.25, 0.3) is 5.91 Å². The van der Waals surface area contributed by atoms with Crippen LogP contribution in [0.3, 0.4) is 0 Å². The number of carbonyl (C=O) groups is 2. The molecule has 2 aromatic carbocycles. The molecule has 0 aliphatic carbocycles. The number of ether oxygens (including phenoxy) is 1. The smallest absolute Gasteiger partial charge is 0.288 e. The van der Waals surface area contributed by atoms with E-state index in [9.17, 15) is 9.59 Å². The highest BCUT2D eigenvalue weighted by Gasteiger charge is 2.01. The first-order chi connectivity index (χ1) is 8.22. The molecule has 1 amide bonds. The highest BCUT2D eigenvalue weighted by atomic mass is 16.5. The molecule has 2 rings (SSSR count). The predicted octanol–water partition coefficient (Wildman–Crippen LogP) is 1.99. The van der Waals surface area contributed by atoms with Crippen molar-refractivity contribution in [2.75, 3.05) is 12.4 Å². The van der Waals surface area contributed by atoms with Gasteiger partial charge in [-0.05, 0) is 35.0 Å². The standard InChI is InChI=1S/C13H11NO3/c1-17-12-5-3-9-6-11(14-13(16)8-15)4-2-10(9)7-12/h2-8H,1H3,(H,14,16). The molecule has 0 aliphatic rings. The molecule has 0 spiro atoms. The second-order valence-electron chi connectivity index (χ2n) is 3.53. The number of nitrogens with one attached hydrogen (secondary N) is 1. The Hall–Kier alpha value is -2.36. The Morgan fingerprint density at radius 1 is 1.18 bits per heavy atom. The molecule has 0 bridgehead atoms. The molecule has 17 heavy (non-hydrogen) atoms. The van der Waals surface area contributed by atoms with Crippen LogP contribution in [0.25, 0.3) is 10.8 Å². The van der Waals surface area contributed by atoms with Gasteiger partial charge in [-0.1, -0.05) is 12.1 Å². The molecule has 0 unspecified atom stereocenters. The minimum Gasteiger partial charge on any atom is -0.497 e. The Balaban J connectivity index is 2.37. The lowest BCUT2D eigenvalue weighted by molar-refractivity contribution is -0.127. The predicted molar refractivity (Wildman–Crippen MR) is 65.2 cm³/mol. The fraction of sp³-hybridized carbons (Fsp3) is 0.0769. The summed E-state index contributed by atoms with van der Waals surface area (Å²) in [6, 6.07) is 11.0. The number of benzene rings is 2. The van der Waals surface area contributed by atoms with Gasteiger partial charge in [0.05, 0.1) is 7.11 Å². The first-order valence-electron chi connectivity index (χ1n) is 5.07. The van der Waals surface area contributed by atoms with Crippen LogP contribution >= 0.6 is 0 Å². The summed E-state index contributed by atoms with van der Waals surface area (Å²) in [6.45, 7) is 0. The molecule has 1 N–H and O–H groups in total. The first-order valence-corrected chi connectivity index (χ1v) is 5.07. The highest BCUT2D eigenvalue weighted by molar-refractivity contribution is 6.29. The van der Waals surface area contributed by atoms with Crippen LogP contribution in [0.5, 0.6) is 5.75 Å². The number of carbonyl (C=O) groups excluding carboxylic acids is 2. The Labute approximate surface area is 98.2 Å². The Kier molecular flexibility index (Phi) is 3.05. The molecule has 0 heterocycles. The van der Waals surface area contributed by atoms with Crippen LogP contribution < -0.4 is 10.1 Å². The van der Waals surface area contributed by atoms with Crippen LogP contribution in [-0.2, 0) is 9.59 Å². The van der Waals surface area contributed by atoms with Crippen molar-refractivity contribution in [3.63, 3.8) is 0 Å². The number of fused-ring (bicyclic) bond motifs is 1. The summed E-state index contributed by atoms with van der Waals surface area (Å²) in [7, 11) is 1.61. The minimum atomic E-state index is -0.655. The summed E-state index contributed by atoms with van der Waals surface area (Å²) in [4.78, 5) is 21.1. The summed E-state index contributed by atoms with van der Waals surface area (Å²) < 4.78 is 5.12. The van der Waals surface area contributed by atoms with Crippen molar-refractivity contribution in [1.29, 1.82) is 0 Å². The lowest BCUT2D eigenvalue weighted by atomic mass is 10.1. The van der Waals surface area contributed by atoms with Gasteiger partial charge in [-0.25, -0.2) is 0 Å². The van der Waals surface area contributed by atoms with Gasteiger partial charge in [-0.2, -0.15) is 0 Å². The maximum absolute atomic E-state index is 10.9. The monoisotopic (exact) mass is 229 g/mol. The minimum absolute atomic E-state index is 0.248. The molecule has 0 radical (unpaired) electrons. The number of hydrogen-bond acceptors (Lipinski definition) is 3. The first kappa shape index (κ1) is 11.1. The van der Waals surface area contributed by atoms with Crippen LogP contribution in [0, 0.1) is 0 Å². The lowest BCUT2D eigenvalue weighted by Crippen LogP contribution is -2.11. The fourth-order valence-electron chi connectivity index (χ4n) is 1.60. The summed E-state index contributed by atoms with van der Waals surface area (Å²) in [5.41, 5.74) is 0.597. The maximum atomic E-state index is 10.9. The Bertz CT molecular complexity index is 578. The van der Waals surface area contributed by atoms with Gasteiger partial charge >= 0.3 is 0 Å². The van der Waals surface area contributed by atoms with E-state index >= 15 is 0 Å². The van der Waals surface area contributed by atoms with E-state index in [0.29, 0.717) is 5.69 Å². The number of aldehydes is 1. The number of methoxy groups -OCH3 is 1. The van der Waals surface area contributed by atoms with Crippen LogP contribution in [0.4, 0.5) is 5.69 Å². The zero-order valence-electron chi connectivity index (χ0n) is 9.27. The van der Waals surface area contributed by atoms with E-state index in [0.717, 1.165) is 16.5 Å². The van der Waals surface area contributed by atoms with Crippen LogP contribution in [0.15, 0.2) is 36.4 Å². The van der Waals surface area contributed by atoms with Gasteiger partial charge in [-0.15, -0.1) is 0 Å². The second kappa shape index (κ2) is 4.65.